The number of amides is 2. The molecule has 0 bridgehead atoms. The van der Waals surface area contributed by atoms with Gasteiger partial charge < -0.3 is 11.1 Å². The zero-order valence-electron chi connectivity index (χ0n) is 11.1. The van der Waals surface area contributed by atoms with Gasteiger partial charge in [0.2, 0.25) is 11.7 Å². The Morgan fingerprint density at radius 2 is 2.06 bits per heavy atom. The predicted octanol–water partition coefficient (Wildman–Crippen LogP) is 0.169. The molecule has 100 valence electrons. The molecule has 0 saturated heterocycles. The third kappa shape index (κ3) is 3.28. The molecule has 0 atom stereocenters. The molecule has 7 heteroatoms. The van der Waals surface area contributed by atoms with Crippen molar-refractivity contribution >= 4 is 11.8 Å². The number of nitrogens with two attached hydrogens (primary N) is 1. The number of hydrogen-bond acceptors (Lipinski definition) is 4. The highest BCUT2D eigenvalue weighted by Crippen LogP contribution is 2.12. The lowest BCUT2D eigenvalue weighted by molar-refractivity contribution is -0.125. The Morgan fingerprint density at radius 1 is 1.44 bits per heavy atom. The van der Waals surface area contributed by atoms with Crippen LogP contribution in [0.5, 0.6) is 0 Å². The minimum atomic E-state index is -0.799. The summed E-state index contributed by atoms with van der Waals surface area (Å²) in [6, 6.07) is 0. The third-order valence-corrected chi connectivity index (χ3v) is 2.61. The summed E-state index contributed by atoms with van der Waals surface area (Å²) in [7, 11) is 0. The van der Waals surface area contributed by atoms with E-state index in [0.717, 1.165) is 0 Å². The molecule has 0 radical (unpaired) electrons. The van der Waals surface area contributed by atoms with Crippen molar-refractivity contribution in [2.75, 3.05) is 6.54 Å². The highest BCUT2D eigenvalue weighted by Gasteiger charge is 2.26. The van der Waals surface area contributed by atoms with Gasteiger partial charge in [-0.2, -0.15) is 0 Å². The maximum absolute atomic E-state index is 11.7. The van der Waals surface area contributed by atoms with E-state index in [1.165, 1.54) is 0 Å². The molecule has 2 amide bonds. The summed E-state index contributed by atoms with van der Waals surface area (Å²) in [4.78, 5) is 26.9. The van der Waals surface area contributed by atoms with Crippen LogP contribution < -0.4 is 11.1 Å². The van der Waals surface area contributed by atoms with E-state index in [1.807, 2.05) is 13.8 Å². The van der Waals surface area contributed by atoms with Crippen LogP contribution >= 0.6 is 0 Å². The van der Waals surface area contributed by atoms with Gasteiger partial charge in [0, 0.05) is 12.5 Å². The fourth-order valence-corrected chi connectivity index (χ4v) is 1.10. The van der Waals surface area contributed by atoms with E-state index in [1.54, 1.807) is 13.8 Å². The first-order valence-electron chi connectivity index (χ1n) is 5.74. The van der Waals surface area contributed by atoms with Gasteiger partial charge in [0.25, 0.3) is 5.91 Å². The van der Waals surface area contributed by atoms with Crippen LogP contribution in [0.15, 0.2) is 0 Å². The number of hydrogen-bond donors (Lipinski definition) is 3. The van der Waals surface area contributed by atoms with Gasteiger partial charge in [0.15, 0.2) is 0 Å². The average molecular weight is 253 g/mol. The van der Waals surface area contributed by atoms with Gasteiger partial charge in [-0.05, 0) is 13.8 Å². The summed E-state index contributed by atoms with van der Waals surface area (Å²) >= 11 is 0. The smallest absolute Gasteiger partial charge is 0.290 e. The van der Waals surface area contributed by atoms with Crippen molar-refractivity contribution in [1.29, 1.82) is 0 Å². The molecule has 1 heterocycles. The Hall–Kier alpha value is -1.92. The van der Waals surface area contributed by atoms with Crippen molar-refractivity contribution in [3.63, 3.8) is 0 Å². The molecule has 4 N–H and O–H groups in total. The van der Waals surface area contributed by atoms with Gasteiger partial charge in [-0.15, -0.1) is 5.10 Å². The second-order valence-corrected chi connectivity index (χ2v) is 5.13. The van der Waals surface area contributed by atoms with Gasteiger partial charge >= 0.3 is 0 Å². The largest absolute Gasteiger partial charge is 0.369 e. The first kappa shape index (κ1) is 14.1. The quantitative estimate of drug-likeness (QED) is 0.694. The number of nitrogens with zero attached hydrogens (tertiary/aromatic N) is 2. The van der Waals surface area contributed by atoms with Crippen LogP contribution in [0.2, 0.25) is 0 Å². The van der Waals surface area contributed by atoms with Crippen molar-refractivity contribution in [1.82, 2.24) is 20.5 Å². The van der Waals surface area contributed by atoms with Gasteiger partial charge in [-0.25, -0.2) is 4.98 Å². The van der Waals surface area contributed by atoms with E-state index in [0.29, 0.717) is 5.82 Å². The van der Waals surface area contributed by atoms with Gasteiger partial charge in [-0.3, -0.25) is 14.7 Å². The number of rotatable bonds is 5. The fraction of sp³-hybridized carbons (Fsp3) is 0.636. The standard InChI is InChI=1S/C11H19N5O2/c1-6(2)7-14-8(16-15-7)9(17)13-5-11(3,4)10(12)18/h6H,5H2,1-4H3,(H2,12,18)(H,13,17)(H,14,15,16). The van der Waals surface area contributed by atoms with Crippen molar-refractivity contribution < 1.29 is 9.59 Å². The van der Waals surface area contributed by atoms with Crippen molar-refractivity contribution in [2.24, 2.45) is 11.1 Å². The lowest BCUT2D eigenvalue weighted by atomic mass is 9.93. The van der Waals surface area contributed by atoms with Crippen LogP contribution in [0.1, 0.15) is 50.1 Å². The summed E-state index contributed by atoms with van der Waals surface area (Å²) < 4.78 is 0. The molecule has 0 aromatic carbocycles. The van der Waals surface area contributed by atoms with E-state index in [2.05, 4.69) is 20.5 Å². The zero-order valence-corrected chi connectivity index (χ0v) is 11.1. The minimum Gasteiger partial charge on any atom is -0.369 e. The second-order valence-electron chi connectivity index (χ2n) is 5.13. The molecule has 0 unspecified atom stereocenters. The summed E-state index contributed by atoms with van der Waals surface area (Å²) in [6.45, 7) is 7.35. The number of primary amides is 1. The molecule has 1 aromatic heterocycles. The number of aromatic nitrogens is 3. The number of nitrogens with one attached hydrogen (secondary N) is 2. The van der Waals surface area contributed by atoms with Crippen LogP contribution in [0, 0.1) is 5.41 Å². The predicted molar refractivity (Wildman–Crippen MR) is 65.8 cm³/mol. The molecule has 0 saturated carbocycles. The Morgan fingerprint density at radius 3 is 2.50 bits per heavy atom. The molecular weight excluding hydrogens is 234 g/mol. The summed E-state index contributed by atoms with van der Waals surface area (Å²) in [5.74, 6) is -0.0116. The lowest BCUT2D eigenvalue weighted by Gasteiger charge is -2.19. The Balaban J connectivity index is 2.63. The first-order chi connectivity index (χ1) is 8.24. The Kier molecular flexibility index (Phi) is 4.05. The normalized spacial score (nSPS) is 11.6. The van der Waals surface area contributed by atoms with Crippen LogP contribution in [-0.4, -0.2) is 33.5 Å². The molecule has 1 rings (SSSR count). The van der Waals surface area contributed by atoms with Gasteiger partial charge in [0.1, 0.15) is 5.82 Å². The average Bonchev–Trinajstić information content (AvgIpc) is 2.75. The molecule has 0 fully saturated rings. The zero-order chi connectivity index (χ0) is 13.9. The van der Waals surface area contributed by atoms with E-state index in [-0.39, 0.29) is 18.3 Å². The minimum absolute atomic E-state index is 0.0685. The number of carbonyl (C=O) groups is 2. The molecular formula is C11H19N5O2. The maximum atomic E-state index is 11.7. The van der Waals surface area contributed by atoms with Crippen molar-refractivity contribution in [2.45, 2.75) is 33.6 Å². The summed E-state index contributed by atoms with van der Waals surface area (Å²) in [6.07, 6.45) is 0. The Bertz CT molecular complexity index is 450. The second kappa shape index (κ2) is 5.16. The monoisotopic (exact) mass is 253 g/mol. The van der Waals surface area contributed by atoms with E-state index < -0.39 is 17.2 Å². The molecule has 1 aromatic rings. The maximum Gasteiger partial charge on any atom is 0.290 e. The van der Waals surface area contributed by atoms with E-state index >= 15 is 0 Å². The SMILES string of the molecule is CC(C)c1nc(C(=O)NCC(C)(C)C(N)=O)n[nH]1. The molecule has 7 nitrogen and oxygen atoms in total. The molecule has 0 aliphatic heterocycles. The highest BCUT2D eigenvalue weighted by atomic mass is 16.2. The van der Waals surface area contributed by atoms with Crippen molar-refractivity contribution in [3.8, 4) is 0 Å². The van der Waals surface area contributed by atoms with Crippen molar-refractivity contribution in [3.05, 3.63) is 11.6 Å². The van der Waals surface area contributed by atoms with Gasteiger partial charge in [0.05, 0.1) is 5.41 Å². The Labute approximate surface area is 106 Å². The summed E-state index contributed by atoms with van der Waals surface area (Å²) in [5.41, 5.74) is 4.41. The van der Waals surface area contributed by atoms with E-state index in [4.69, 9.17) is 5.73 Å². The lowest BCUT2D eigenvalue weighted by Crippen LogP contribution is -2.42. The molecule has 0 spiro atoms. The summed E-state index contributed by atoms with van der Waals surface area (Å²) in [5, 5.41) is 9.10. The van der Waals surface area contributed by atoms with Crippen LogP contribution in [0.4, 0.5) is 0 Å². The van der Waals surface area contributed by atoms with Crippen LogP contribution in [0.25, 0.3) is 0 Å². The number of carbonyl (C=O) groups excluding carboxylic acids is 2. The number of aromatic amines is 1. The topological polar surface area (TPSA) is 114 Å². The van der Waals surface area contributed by atoms with Crippen LogP contribution in [0.3, 0.4) is 0 Å². The van der Waals surface area contributed by atoms with E-state index in [9.17, 15) is 9.59 Å². The highest BCUT2D eigenvalue weighted by molar-refractivity contribution is 5.91. The fourth-order valence-electron chi connectivity index (χ4n) is 1.10. The van der Waals surface area contributed by atoms with Gasteiger partial charge in [-0.1, -0.05) is 13.8 Å². The third-order valence-electron chi connectivity index (χ3n) is 2.61. The molecule has 0 aliphatic carbocycles. The molecule has 0 aliphatic rings. The molecule has 18 heavy (non-hydrogen) atoms. The number of H-pyrrole nitrogens is 1. The first-order valence-corrected chi connectivity index (χ1v) is 5.74. The van der Waals surface area contributed by atoms with Crippen LogP contribution in [-0.2, 0) is 4.79 Å².